The molecule has 0 spiro atoms. The molecule has 0 aliphatic rings. The highest BCUT2D eigenvalue weighted by atomic mass is 32.2. The molecular weight excluding hydrogens is 289 g/mol. The lowest BCUT2D eigenvalue weighted by atomic mass is 10.4. The van der Waals surface area contributed by atoms with Crippen LogP contribution in [0.3, 0.4) is 0 Å². The average Bonchev–Trinajstić information content (AvgIpc) is 2.48. The molecule has 7 nitrogen and oxygen atoms in total. The highest BCUT2D eigenvalue weighted by molar-refractivity contribution is 7.89. The lowest BCUT2D eigenvalue weighted by Gasteiger charge is -2.15. The van der Waals surface area contributed by atoms with Gasteiger partial charge in [-0.1, -0.05) is 0 Å². The smallest absolute Gasteiger partial charge is 0.382 e. The molecule has 1 unspecified atom stereocenters. The third-order valence-electron chi connectivity index (χ3n) is 2.42. The third-order valence-corrected chi connectivity index (χ3v) is 4.01. The number of nitrogens with two attached hydrogens (primary N) is 1. The summed E-state index contributed by atoms with van der Waals surface area (Å²) in [4.78, 5) is -0.399. The summed E-state index contributed by atoms with van der Waals surface area (Å²) in [6.07, 6.45) is -7.70. The summed E-state index contributed by atoms with van der Waals surface area (Å²) in [7, 11) is -2.83. The topological polar surface area (TPSA) is 110 Å². The van der Waals surface area contributed by atoms with Crippen molar-refractivity contribution >= 4 is 15.8 Å². The zero-order valence-corrected chi connectivity index (χ0v) is 10.9. The second-order valence-electron chi connectivity index (χ2n) is 3.83. The van der Waals surface area contributed by atoms with Gasteiger partial charge in [0, 0.05) is 13.6 Å². The zero-order valence-electron chi connectivity index (χ0n) is 10.1. The molecule has 19 heavy (non-hydrogen) atoms. The van der Waals surface area contributed by atoms with E-state index in [9.17, 15) is 21.6 Å². The fourth-order valence-corrected chi connectivity index (χ4v) is 2.68. The fraction of sp³-hybridized carbons (Fsp3) is 0.625. The van der Waals surface area contributed by atoms with Crippen molar-refractivity contribution in [2.45, 2.75) is 24.1 Å². The Kier molecular flexibility index (Phi) is 4.12. The van der Waals surface area contributed by atoms with Crippen molar-refractivity contribution in [3.63, 3.8) is 0 Å². The lowest BCUT2D eigenvalue weighted by molar-refractivity contribution is -0.200. The quantitative estimate of drug-likeness (QED) is 0.695. The first-order chi connectivity index (χ1) is 8.47. The number of sulfonamides is 1. The highest BCUT2D eigenvalue weighted by Gasteiger charge is 2.39. The summed E-state index contributed by atoms with van der Waals surface area (Å²) in [5, 5.41) is 12.4. The summed E-state index contributed by atoms with van der Waals surface area (Å²) in [6, 6.07) is 0. The Morgan fingerprint density at radius 3 is 2.42 bits per heavy atom. The van der Waals surface area contributed by atoms with E-state index in [0.717, 1.165) is 0 Å². The predicted molar refractivity (Wildman–Crippen MR) is 59.6 cm³/mol. The van der Waals surface area contributed by atoms with Crippen molar-refractivity contribution in [2.24, 2.45) is 7.05 Å². The Labute approximate surface area is 107 Å². The van der Waals surface area contributed by atoms with E-state index in [2.05, 4.69) is 5.10 Å². The molecule has 0 saturated heterocycles. The van der Waals surface area contributed by atoms with Crippen LogP contribution in [0.15, 0.2) is 4.90 Å². The van der Waals surface area contributed by atoms with Gasteiger partial charge in [0.1, 0.15) is 4.90 Å². The first-order valence-corrected chi connectivity index (χ1v) is 6.48. The number of aliphatic hydroxyl groups excluding tert-OH is 1. The number of nitrogens with one attached hydrogen (secondary N) is 1. The summed E-state index contributed by atoms with van der Waals surface area (Å²) >= 11 is 0. The number of hydrogen-bond acceptors (Lipinski definition) is 5. The number of nitrogen functional groups attached to an aromatic ring is 1. The minimum Gasteiger partial charge on any atom is -0.382 e. The van der Waals surface area contributed by atoms with E-state index in [4.69, 9.17) is 10.8 Å². The Morgan fingerprint density at radius 1 is 1.53 bits per heavy atom. The number of nitrogens with zero attached hydrogens (tertiary/aromatic N) is 2. The molecule has 1 rings (SSSR count). The molecule has 0 radical (unpaired) electrons. The number of aliphatic hydroxyl groups is 1. The van der Waals surface area contributed by atoms with E-state index in [1.54, 1.807) is 4.72 Å². The molecule has 0 aromatic carbocycles. The van der Waals surface area contributed by atoms with Crippen molar-refractivity contribution < 1.29 is 26.7 Å². The van der Waals surface area contributed by atoms with Crippen LogP contribution in [0.5, 0.6) is 0 Å². The van der Waals surface area contributed by atoms with E-state index in [0.29, 0.717) is 0 Å². The normalized spacial score (nSPS) is 14.6. The van der Waals surface area contributed by atoms with Crippen molar-refractivity contribution in [3.05, 3.63) is 5.69 Å². The van der Waals surface area contributed by atoms with Crippen LogP contribution in [-0.4, -0.2) is 42.1 Å². The maximum absolute atomic E-state index is 12.1. The van der Waals surface area contributed by atoms with Gasteiger partial charge in [0.25, 0.3) is 0 Å². The number of anilines is 1. The van der Waals surface area contributed by atoms with E-state index < -0.39 is 33.7 Å². The minimum absolute atomic E-state index is 0.173. The highest BCUT2D eigenvalue weighted by Crippen LogP contribution is 2.22. The second kappa shape index (κ2) is 4.98. The van der Waals surface area contributed by atoms with Crippen molar-refractivity contribution in [3.8, 4) is 0 Å². The second-order valence-corrected chi connectivity index (χ2v) is 5.54. The van der Waals surface area contributed by atoms with E-state index >= 15 is 0 Å². The van der Waals surface area contributed by atoms with Crippen LogP contribution in [0.25, 0.3) is 0 Å². The maximum Gasteiger partial charge on any atom is 0.415 e. The van der Waals surface area contributed by atoms with Gasteiger partial charge in [0.15, 0.2) is 11.9 Å². The first-order valence-electron chi connectivity index (χ1n) is 5.00. The molecular formula is C8H13F3N4O3S. The Hall–Kier alpha value is -1.33. The molecule has 1 aromatic rings. The largest absolute Gasteiger partial charge is 0.415 e. The Bertz CT molecular complexity index is 567. The first kappa shape index (κ1) is 15.7. The molecule has 4 N–H and O–H groups in total. The molecule has 11 heteroatoms. The summed E-state index contributed by atoms with van der Waals surface area (Å²) in [5.41, 5.74) is 5.56. The summed E-state index contributed by atoms with van der Waals surface area (Å²) in [5.74, 6) is -0.325. The number of rotatable bonds is 4. The van der Waals surface area contributed by atoms with Crippen molar-refractivity contribution in [1.82, 2.24) is 14.5 Å². The number of aromatic nitrogens is 2. The molecule has 110 valence electrons. The summed E-state index contributed by atoms with van der Waals surface area (Å²) in [6.45, 7) is 0.206. The predicted octanol–water partition coefficient (Wildman–Crippen LogP) is -0.488. The molecule has 0 saturated carbocycles. The van der Waals surface area contributed by atoms with Gasteiger partial charge in [-0.2, -0.15) is 18.3 Å². The Balaban J connectivity index is 2.94. The Morgan fingerprint density at radius 2 is 2.05 bits per heavy atom. The summed E-state index contributed by atoms with van der Waals surface area (Å²) < 4.78 is 62.6. The van der Waals surface area contributed by atoms with Gasteiger partial charge >= 0.3 is 6.18 Å². The van der Waals surface area contributed by atoms with Gasteiger partial charge in [-0.15, -0.1) is 0 Å². The van der Waals surface area contributed by atoms with Crippen LogP contribution < -0.4 is 10.5 Å². The molecule has 1 atom stereocenters. The molecule has 0 fully saturated rings. The van der Waals surface area contributed by atoms with Crippen LogP contribution in [0, 0.1) is 6.92 Å². The van der Waals surface area contributed by atoms with Crippen molar-refractivity contribution in [2.75, 3.05) is 12.3 Å². The van der Waals surface area contributed by atoms with Gasteiger partial charge in [-0.3, -0.25) is 4.68 Å². The molecule has 1 heterocycles. The minimum atomic E-state index is -4.90. The maximum atomic E-state index is 12.1. The monoisotopic (exact) mass is 302 g/mol. The van der Waals surface area contributed by atoms with Gasteiger partial charge in [-0.25, -0.2) is 13.1 Å². The van der Waals surface area contributed by atoms with E-state index in [1.165, 1.54) is 18.7 Å². The lowest BCUT2D eigenvalue weighted by Crippen LogP contribution is -2.40. The average molecular weight is 302 g/mol. The standard InChI is InChI=1S/C8H13F3N4O3S/c1-4-6(7(12)14-15(4)2)19(17,18)13-3-5(16)8(9,10)11/h5,13,16H,3H2,1-2H3,(H2,12,14). The van der Waals surface area contributed by atoms with Crippen LogP contribution in [0.2, 0.25) is 0 Å². The zero-order chi connectivity index (χ0) is 15.0. The molecule has 0 aliphatic heterocycles. The third kappa shape index (κ3) is 3.36. The number of halogens is 3. The van der Waals surface area contributed by atoms with Crippen LogP contribution in [0.4, 0.5) is 19.0 Å². The molecule has 0 amide bonds. The fourth-order valence-electron chi connectivity index (χ4n) is 1.32. The molecule has 0 aliphatic carbocycles. The molecule has 1 aromatic heterocycles. The number of hydrogen-bond donors (Lipinski definition) is 3. The van der Waals surface area contributed by atoms with Gasteiger partial charge in [0.05, 0.1) is 5.69 Å². The van der Waals surface area contributed by atoms with Crippen LogP contribution in [0.1, 0.15) is 5.69 Å². The van der Waals surface area contributed by atoms with Crippen molar-refractivity contribution in [1.29, 1.82) is 0 Å². The molecule has 0 bridgehead atoms. The van der Waals surface area contributed by atoms with Crippen LogP contribution in [-0.2, 0) is 17.1 Å². The van der Waals surface area contributed by atoms with Gasteiger partial charge in [0.2, 0.25) is 10.0 Å². The van der Waals surface area contributed by atoms with Gasteiger partial charge in [-0.05, 0) is 6.92 Å². The van der Waals surface area contributed by atoms with Crippen LogP contribution >= 0.6 is 0 Å². The number of aryl methyl sites for hydroxylation is 1. The van der Waals surface area contributed by atoms with Gasteiger partial charge < -0.3 is 10.8 Å². The van der Waals surface area contributed by atoms with E-state index in [-0.39, 0.29) is 11.5 Å². The number of alkyl halides is 3. The SMILES string of the molecule is Cc1c(S(=O)(=O)NCC(O)C(F)(F)F)c(N)nn1C. The van der Waals surface area contributed by atoms with E-state index in [1.807, 2.05) is 0 Å².